The first-order valence-electron chi connectivity index (χ1n) is 7.19. The van der Waals surface area contributed by atoms with E-state index in [-0.39, 0.29) is 5.56 Å². The van der Waals surface area contributed by atoms with E-state index in [4.69, 9.17) is 11.6 Å². The molecule has 2 heterocycles. The van der Waals surface area contributed by atoms with Gasteiger partial charge in [-0.3, -0.25) is 4.79 Å². The SMILES string of the molecule is O=c1c(NCCCn2ccnc2)c(Cl)cnn1CC1CC1. The van der Waals surface area contributed by atoms with Crippen LogP contribution in [0.2, 0.25) is 5.02 Å². The van der Waals surface area contributed by atoms with Crippen LogP contribution in [-0.2, 0) is 13.1 Å². The number of halogens is 1. The van der Waals surface area contributed by atoms with E-state index in [1.54, 1.807) is 18.7 Å². The van der Waals surface area contributed by atoms with Crippen molar-refractivity contribution in [2.45, 2.75) is 32.4 Å². The van der Waals surface area contributed by atoms with Gasteiger partial charge in [0.1, 0.15) is 5.69 Å². The Morgan fingerprint density at radius 1 is 1.43 bits per heavy atom. The van der Waals surface area contributed by atoms with Crippen molar-refractivity contribution in [3.05, 3.63) is 40.3 Å². The summed E-state index contributed by atoms with van der Waals surface area (Å²) in [6, 6.07) is 0. The van der Waals surface area contributed by atoms with Gasteiger partial charge in [0, 0.05) is 32.0 Å². The molecule has 0 aromatic carbocycles. The van der Waals surface area contributed by atoms with Gasteiger partial charge in [-0.2, -0.15) is 5.10 Å². The molecule has 0 radical (unpaired) electrons. The normalized spacial score (nSPS) is 14.3. The van der Waals surface area contributed by atoms with Gasteiger partial charge in [-0.15, -0.1) is 0 Å². The molecule has 0 saturated heterocycles. The molecule has 1 aliphatic rings. The van der Waals surface area contributed by atoms with Gasteiger partial charge in [0.05, 0.1) is 17.5 Å². The van der Waals surface area contributed by atoms with Crippen LogP contribution in [-0.4, -0.2) is 25.9 Å². The number of rotatable bonds is 7. The highest BCUT2D eigenvalue weighted by molar-refractivity contribution is 6.32. The van der Waals surface area contributed by atoms with Gasteiger partial charge in [0.2, 0.25) is 0 Å². The summed E-state index contributed by atoms with van der Waals surface area (Å²) in [6.45, 7) is 2.23. The van der Waals surface area contributed by atoms with Crippen molar-refractivity contribution in [2.24, 2.45) is 5.92 Å². The fourth-order valence-corrected chi connectivity index (χ4v) is 2.39. The van der Waals surface area contributed by atoms with Gasteiger partial charge in [-0.25, -0.2) is 9.67 Å². The molecule has 0 atom stereocenters. The summed E-state index contributed by atoms with van der Waals surface area (Å²) < 4.78 is 3.52. The monoisotopic (exact) mass is 307 g/mol. The van der Waals surface area contributed by atoms with Crippen molar-refractivity contribution in [3.63, 3.8) is 0 Å². The molecule has 0 unspecified atom stereocenters. The first-order valence-corrected chi connectivity index (χ1v) is 7.57. The van der Waals surface area contributed by atoms with Crippen molar-refractivity contribution >= 4 is 17.3 Å². The molecule has 1 N–H and O–H groups in total. The largest absolute Gasteiger partial charge is 0.379 e. The van der Waals surface area contributed by atoms with Crippen molar-refractivity contribution in [1.82, 2.24) is 19.3 Å². The smallest absolute Gasteiger partial charge is 0.291 e. The summed E-state index contributed by atoms with van der Waals surface area (Å²) >= 11 is 6.08. The molecule has 3 rings (SSSR count). The predicted molar refractivity (Wildman–Crippen MR) is 81.6 cm³/mol. The summed E-state index contributed by atoms with van der Waals surface area (Å²) in [5.74, 6) is 0.602. The third-order valence-electron chi connectivity index (χ3n) is 3.58. The molecule has 1 saturated carbocycles. The molecule has 7 heteroatoms. The van der Waals surface area contributed by atoms with Crippen LogP contribution in [0.5, 0.6) is 0 Å². The number of nitrogens with one attached hydrogen (secondary N) is 1. The number of imidazole rings is 1. The zero-order chi connectivity index (χ0) is 14.7. The lowest BCUT2D eigenvalue weighted by molar-refractivity contribution is 0.534. The molecule has 0 bridgehead atoms. The standard InChI is InChI=1S/C14H18ClN5O/c15-12-8-18-20(9-11-2-3-11)14(21)13(12)17-4-1-6-19-7-5-16-10-19/h5,7-8,10-11,17H,1-4,6,9H2. The molecular weight excluding hydrogens is 290 g/mol. The van der Waals surface area contributed by atoms with Gasteiger partial charge < -0.3 is 9.88 Å². The van der Waals surface area contributed by atoms with E-state index in [0.717, 1.165) is 13.0 Å². The topological polar surface area (TPSA) is 64.7 Å². The minimum absolute atomic E-state index is 0.128. The van der Waals surface area contributed by atoms with E-state index in [9.17, 15) is 4.79 Å². The molecule has 1 fully saturated rings. The Balaban J connectivity index is 1.59. The van der Waals surface area contributed by atoms with Crippen LogP contribution in [0.4, 0.5) is 5.69 Å². The summed E-state index contributed by atoms with van der Waals surface area (Å²) in [4.78, 5) is 16.3. The maximum atomic E-state index is 12.3. The van der Waals surface area contributed by atoms with Crippen LogP contribution in [0.1, 0.15) is 19.3 Å². The summed E-state index contributed by atoms with van der Waals surface area (Å²) in [5.41, 5.74) is 0.329. The Labute approximate surface area is 127 Å². The number of anilines is 1. The van der Waals surface area contributed by atoms with E-state index >= 15 is 0 Å². The molecule has 2 aromatic rings. The Hall–Kier alpha value is -1.82. The maximum absolute atomic E-state index is 12.3. The number of aromatic nitrogens is 4. The average molecular weight is 308 g/mol. The summed E-state index contributed by atoms with van der Waals surface area (Å²) in [7, 11) is 0. The van der Waals surface area contributed by atoms with Crippen LogP contribution in [0, 0.1) is 5.92 Å². The second-order valence-electron chi connectivity index (χ2n) is 5.38. The average Bonchev–Trinajstić information content (AvgIpc) is 3.14. The number of hydrogen-bond donors (Lipinski definition) is 1. The second-order valence-corrected chi connectivity index (χ2v) is 5.79. The highest BCUT2D eigenvalue weighted by atomic mass is 35.5. The molecule has 6 nitrogen and oxygen atoms in total. The van der Waals surface area contributed by atoms with Crippen molar-refractivity contribution in [3.8, 4) is 0 Å². The van der Waals surface area contributed by atoms with Crippen LogP contribution in [0.3, 0.4) is 0 Å². The molecule has 2 aromatic heterocycles. The number of nitrogens with zero attached hydrogens (tertiary/aromatic N) is 4. The highest BCUT2D eigenvalue weighted by Crippen LogP contribution is 2.30. The van der Waals surface area contributed by atoms with Crippen molar-refractivity contribution in [2.75, 3.05) is 11.9 Å². The second kappa shape index (κ2) is 6.30. The number of hydrogen-bond acceptors (Lipinski definition) is 4. The van der Waals surface area contributed by atoms with Gasteiger partial charge in [-0.1, -0.05) is 11.6 Å². The van der Waals surface area contributed by atoms with Gasteiger partial charge in [-0.05, 0) is 25.2 Å². The third-order valence-corrected chi connectivity index (χ3v) is 3.87. The summed E-state index contributed by atoms with van der Waals surface area (Å²) in [5, 5.41) is 7.63. The lowest BCUT2D eigenvalue weighted by atomic mass is 10.3. The van der Waals surface area contributed by atoms with E-state index in [0.29, 0.717) is 29.7 Å². The lowest BCUT2D eigenvalue weighted by Crippen LogP contribution is -2.27. The quantitative estimate of drug-likeness (QED) is 0.795. The minimum Gasteiger partial charge on any atom is -0.379 e. The fraction of sp³-hybridized carbons (Fsp3) is 0.500. The van der Waals surface area contributed by atoms with Crippen LogP contribution in [0.25, 0.3) is 0 Å². The first kappa shape index (κ1) is 14.1. The van der Waals surface area contributed by atoms with Crippen molar-refractivity contribution in [1.29, 1.82) is 0 Å². The van der Waals surface area contributed by atoms with Crippen LogP contribution >= 0.6 is 11.6 Å². The van der Waals surface area contributed by atoms with E-state index < -0.39 is 0 Å². The zero-order valence-corrected chi connectivity index (χ0v) is 12.5. The molecule has 0 amide bonds. The number of aryl methyl sites for hydroxylation is 1. The Kier molecular flexibility index (Phi) is 4.24. The molecule has 0 spiro atoms. The molecule has 112 valence electrons. The molecule has 0 aliphatic heterocycles. The summed E-state index contributed by atoms with van der Waals surface area (Å²) in [6.07, 6.45) is 10.3. The van der Waals surface area contributed by atoms with E-state index in [2.05, 4.69) is 15.4 Å². The predicted octanol–water partition coefficient (Wildman–Crippen LogP) is 2.01. The van der Waals surface area contributed by atoms with Gasteiger partial charge >= 0.3 is 0 Å². The van der Waals surface area contributed by atoms with Gasteiger partial charge in [0.15, 0.2) is 0 Å². The minimum atomic E-state index is -0.128. The van der Waals surface area contributed by atoms with Crippen LogP contribution in [0.15, 0.2) is 29.7 Å². The maximum Gasteiger partial charge on any atom is 0.291 e. The zero-order valence-electron chi connectivity index (χ0n) is 11.7. The Bertz CT molecular complexity index is 648. The molecule has 1 aliphatic carbocycles. The Morgan fingerprint density at radius 3 is 3.00 bits per heavy atom. The highest BCUT2D eigenvalue weighted by Gasteiger charge is 2.23. The fourth-order valence-electron chi connectivity index (χ4n) is 2.20. The third kappa shape index (κ3) is 3.64. The van der Waals surface area contributed by atoms with Crippen LogP contribution < -0.4 is 10.9 Å². The Morgan fingerprint density at radius 2 is 2.29 bits per heavy atom. The lowest BCUT2D eigenvalue weighted by Gasteiger charge is -2.10. The molecule has 21 heavy (non-hydrogen) atoms. The van der Waals surface area contributed by atoms with Gasteiger partial charge in [0.25, 0.3) is 5.56 Å². The first-order chi connectivity index (χ1) is 10.2. The van der Waals surface area contributed by atoms with E-state index in [1.807, 2.05) is 10.8 Å². The van der Waals surface area contributed by atoms with Crippen molar-refractivity contribution < 1.29 is 0 Å². The molecular formula is C14H18ClN5O. The van der Waals surface area contributed by atoms with E-state index in [1.165, 1.54) is 17.5 Å².